The molecule has 0 aliphatic heterocycles. The zero-order chi connectivity index (χ0) is 16.5. The van der Waals surface area contributed by atoms with E-state index in [1.807, 2.05) is 14.0 Å². The van der Waals surface area contributed by atoms with Crippen LogP contribution in [-0.4, -0.2) is 63.8 Å². The van der Waals surface area contributed by atoms with Crippen LogP contribution < -0.4 is 10.6 Å². The fraction of sp³-hybridized carbons (Fsp3) is 0.941. The molecule has 0 amide bonds. The third-order valence-electron chi connectivity index (χ3n) is 3.46. The molecule has 0 bridgehead atoms. The van der Waals surface area contributed by atoms with Crippen LogP contribution in [0.15, 0.2) is 4.99 Å². The Balaban J connectivity index is 3.64. The van der Waals surface area contributed by atoms with Gasteiger partial charge in [-0.05, 0) is 58.7 Å². The molecule has 5 heteroatoms. The summed E-state index contributed by atoms with van der Waals surface area (Å²) in [6.07, 6.45) is 5.84. The first-order chi connectivity index (χ1) is 10.8. The summed E-state index contributed by atoms with van der Waals surface area (Å²) in [6.45, 7) is 13.7. The lowest BCUT2D eigenvalue weighted by Crippen LogP contribution is -2.39. The van der Waals surface area contributed by atoms with Crippen molar-refractivity contribution in [2.75, 3.05) is 53.0 Å². The van der Waals surface area contributed by atoms with Gasteiger partial charge in [0.2, 0.25) is 0 Å². The van der Waals surface area contributed by atoms with Crippen molar-refractivity contribution in [1.82, 2.24) is 15.5 Å². The van der Waals surface area contributed by atoms with Gasteiger partial charge >= 0.3 is 0 Å². The highest BCUT2D eigenvalue weighted by Crippen LogP contribution is 1.95. The molecule has 2 N–H and O–H groups in total. The Morgan fingerprint density at radius 1 is 0.909 bits per heavy atom. The minimum absolute atomic E-state index is 0.809. The van der Waals surface area contributed by atoms with Gasteiger partial charge in [0.1, 0.15) is 0 Å². The van der Waals surface area contributed by atoms with Crippen molar-refractivity contribution in [2.45, 2.75) is 52.9 Å². The summed E-state index contributed by atoms with van der Waals surface area (Å²) in [6, 6.07) is 0. The largest absolute Gasteiger partial charge is 0.382 e. The van der Waals surface area contributed by atoms with Crippen molar-refractivity contribution in [3.8, 4) is 0 Å². The molecule has 0 rings (SSSR count). The first-order valence-electron chi connectivity index (χ1n) is 9.03. The van der Waals surface area contributed by atoms with Crippen LogP contribution in [0.1, 0.15) is 52.9 Å². The summed E-state index contributed by atoms with van der Waals surface area (Å²) in [5.41, 5.74) is 0. The quantitative estimate of drug-likeness (QED) is 0.294. The summed E-state index contributed by atoms with van der Waals surface area (Å²) in [7, 11) is 1.83. The molecular weight excluding hydrogens is 276 g/mol. The summed E-state index contributed by atoms with van der Waals surface area (Å²) < 4.78 is 5.33. The molecule has 0 aromatic heterocycles. The van der Waals surface area contributed by atoms with Gasteiger partial charge in [-0.3, -0.25) is 4.99 Å². The molecule has 0 radical (unpaired) electrons. The minimum atomic E-state index is 0.809. The lowest BCUT2D eigenvalue weighted by Gasteiger charge is -2.21. The predicted molar refractivity (Wildman–Crippen MR) is 96.7 cm³/mol. The monoisotopic (exact) mass is 314 g/mol. The molecule has 0 fully saturated rings. The lowest BCUT2D eigenvalue weighted by molar-refractivity contribution is 0.143. The standard InChI is InChI=1S/C17H38N4O/c1-5-13-21(14-6-2)15-10-12-20-17(18-4)19-11-8-9-16-22-7-3/h5-16H2,1-4H3,(H2,18,19,20). The Hall–Kier alpha value is -0.810. The van der Waals surface area contributed by atoms with Crippen LogP contribution in [0, 0.1) is 0 Å². The number of nitrogens with one attached hydrogen (secondary N) is 2. The van der Waals surface area contributed by atoms with Crippen LogP contribution in [0.2, 0.25) is 0 Å². The lowest BCUT2D eigenvalue weighted by atomic mass is 10.3. The van der Waals surface area contributed by atoms with Gasteiger partial charge in [0.15, 0.2) is 5.96 Å². The topological polar surface area (TPSA) is 48.9 Å². The van der Waals surface area contributed by atoms with Crippen LogP contribution in [-0.2, 0) is 4.74 Å². The number of hydrogen-bond donors (Lipinski definition) is 2. The SMILES string of the molecule is CCCN(CCC)CCCNC(=NC)NCCCCOCC. The number of hydrogen-bond acceptors (Lipinski definition) is 3. The number of guanidine groups is 1. The summed E-state index contributed by atoms with van der Waals surface area (Å²) in [5.74, 6) is 0.911. The van der Waals surface area contributed by atoms with E-state index in [-0.39, 0.29) is 0 Å². The highest BCUT2D eigenvalue weighted by atomic mass is 16.5. The molecule has 0 aromatic carbocycles. The van der Waals surface area contributed by atoms with E-state index in [4.69, 9.17) is 4.74 Å². The number of nitrogens with zero attached hydrogens (tertiary/aromatic N) is 2. The number of ether oxygens (including phenoxy) is 1. The molecule has 0 spiro atoms. The van der Waals surface area contributed by atoms with Crippen molar-refractivity contribution >= 4 is 5.96 Å². The second-order valence-corrected chi connectivity index (χ2v) is 5.52. The molecule has 0 saturated carbocycles. The smallest absolute Gasteiger partial charge is 0.190 e. The molecule has 0 aliphatic carbocycles. The van der Waals surface area contributed by atoms with Gasteiger partial charge in [0, 0.05) is 33.4 Å². The molecule has 0 heterocycles. The number of unbranched alkanes of at least 4 members (excludes halogenated alkanes) is 1. The van der Waals surface area contributed by atoms with Crippen LogP contribution in [0.4, 0.5) is 0 Å². The Morgan fingerprint density at radius 2 is 1.55 bits per heavy atom. The van der Waals surface area contributed by atoms with Gasteiger partial charge in [-0.25, -0.2) is 0 Å². The zero-order valence-electron chi connectivity index (χ0n) is 15.3. The minimum Gasteiger partial charge on any atom is -0.382 e. The van der Waals surface area contributed by atoms with E-state index in [1.165, 1.54) is 32.5 Å². The van der Waals surface area contributed by atoms with Crippen LogP contribution in [0.5, 0.6) is 0 Å². The van der Waals surface area contributed by atoms with E-state index >= 15 is 0 Å². The number of aliphatic imine (C=N–C) groups is 1. The molecule has 5 nitrogen and oxygen atoms in total. The third kappa shape index (κ3) is 12.9. The maximum Gasteiger partial charge on any atom is 0.190 e. The van der Waals surface area contributed by atoms with E-state index in [0.717, 1.165) is 51.5 Å². The van der Waals surface area contributed by atoms with Crippen molar-refractivity contribution in [2.24, 2.45) is 4.99 Å². The first kappa shape index (κ1) is 21.2. The zero-order valence-corrected chi connectivity index (χ0v) is 15.3. The summed E-state index contributed by atoms with van der Waals surface area (Å²) in [4.78, 5) is 6.81. The average Bonchev–Trinajstić information content (AvgIpc) is 2.53. The maximum absolute atomic E-state index is 5.33. The van der Waals surface area contributed by atoms with Crippen molar-refractivity contribution < 1.29 is 4.74 Å². The maximum atomic E-state index is 5.33. The van der Waals surface area contributed by atoms with E-state index < -0.39 is 0 Å². The van der Waals surface area contributed by atoms with E-state index in [0.29, 0.717) is 0 Å². The third-order valence-corrected chi connectivity index (χ3v) is 3.46. The first-order valence-corrected chi connectivity index (χ1v) is 9.03. The molecule has 0 atom stereocenters. The van der Waals surface area contributed by atoms with E-state index in [1.54, 1.807) is 0 Å². The molecular formula is C17H38N4O. The van der Waals surface area contributed by atoms with E-state index in [2.05, 4.69) is 34.4 Å². The normalized spacial score (nSPS) is 12.0. The fourth-order valence-corrected chi connectivity index (χ4v) is 2.38. The van der Waals surface area contributed by atoms with E-state index in [9.17, 15) is 0 Å². The van der Waals surface area contributed by atoms with Crippen LogP contribution in [0.25, 0.3) is 0 Å². The second kappa shape index (κ2) is 16.6. The number of rotatable bonds is 14. The molecule has 0 aliphatic rings. The van der Waals surface area contributed by atoms with Gasteiger partial charge in [-0.15, -0.1) is 0 Å². The molecule has 0 aromatic rings. The van der Waals surface area contributed by atoms with Gasteiger partial charge in [0.05, 0.1) is 0 Å². The Bertz CT molecular complexity index is 253. The van der Waals surface area contributed by atoms with Crippen molar-refractivity contribution in [3.63, 3.8) is 0 Å². The van der Waals surface area contributed by atoms with Gasteiger partial charge in [-0.2, -0.15) is 0 Å². The Morgan fingerprint density at radius 3 is 2.09 bits per heavy atom. The molecule has 132 valence electrons. The molecule has 0 saturated heterocycles. The summed E-state index contributed by atoms with van der Waals surface area (Å²) >= 11 is 0. The van der Waals surface area contributed by atoms with Crippen molar-refractivity contribution in [3.05, 3.63) is 0 Å². The molecule has 0 unspecified atom stereocenters. The van der Waals surface area contributed by atoms with Gasteiger partial charge < -0.3 is 20.3 Å². The average molecular weight is 315 g/mol. The summed E-state index contributed by atoms with van der Waals surface area (Å²) in [5, 5.41) is 6.75. The fourth-order valence-electron chi connectivity index (χ4n) is 2.38. The predicted octanol–water partition coefficient (Wildman–Crippen LogP) is 2.48. The molecule has 22 heavy (non-hydrogen) atoms. The second-order valence-electron chi connectivity index (χ2n) is 5.52. The Kier molecular flexibility index (Phi) is 15.9. The van der Waals surface area contributed by atoms with Crippen molar-refractivity contribution in [1.29, 1.82) is 0 Å². The highest BCUT2D eigenvalue weighted by molar-refractivity contribution is 5.79. The van der Waals surface area contributed by atoms with Gasteiger partial charge in [0.25, 0.3) is 0 Å². The van der Waals surface area contributed by atoms with Gasteiger partial charge in [-0.1, -0.05) is 13.8 Å². The highest BCUT2D eigenvalue weighted by Gasteiger charge is 2.02. The van der Waals surface area contributed by atoms with Crippen LogP contribution >= 0.6 is 0 Å². The van der Waals surface area contributed by atoms with Crippen LogP contribution in [0.3, 0.4) is 0 Å². The Labute approximate surface area is 137 Å².